The Morgan fingerprint density at radius 3 is 2.95 bits per heavy atom. The number of nitrogens with one attached hydrogen (secondary N) is 1. The lowest BCUT2D eigenvalue weighted by atomic mass is 10.1. The van der Waals surface area contributed by atoms with Gasteiger partial charge in [0.25, 0.3) is 0 Å². The van der Waals surface area contributed by atoms with Gasteiger partial charge in [-0.15, -0.1) is 0 Å². The second-order valence-electron chi connectivity index (χ2n) is 5.31. The lowest BCUT2D eigenvalue weighted by molar-refractivity contribution is 0.165. The monoisotopic (exact) mass is 313 g/mol. The van der Waals surface area contributed by atoms with Crippen LogP contribution in [0.3, 0.4) is 0 Å². The molecule has 4 nitrogen and oxygen atoms in total. The van der Waals surface area contributed by atoms with Crippen LogP contribution in [-0.2, 0) is 11.3 Å². The minimum Gasteiger partial charge on any atom is -0.493 e. The first-order chi connectivity index (χ1) is 10.2. The van der Waals surface area contributed by atoms with Gasteiger partial charge in [-0.1, -0.05) is 18.5 Å². The molecule has 0 bridgehead atoms. The fourth-order valence-corrected chi connectivity index (χ4v) is 2.62. The van der Waals surface area contributed by atoms with Crippen LogP contribution in [0.2, 0.25) is 5.02 Å². The lowest BCUT2D eigenvalue weighted by Gasteiger charge is -2.18. The van der Waals surface area contributed by atoms with Crippen LogP contribution in [-0.4, -0.2) is 33.5 Å². The van der Waals surface area contributed by atoms with Gasteiger partial charge < -0.3 is 19.5 Å². The van der Waals surface area contributed by atoms with Crippen LogP contribution in [0.4, 0.5) is 0 Å². The molecule has 118 valence electrons. The second-order valence-corrected chi connectivity index (χ2v) is 5.75. The van der Waals surface area contributed by atoms with Crippen LogP contribution in [0.1, 0.15) is 25.3 Å². The molecule has 5 heteroatoms. The van der Waals surface area contributed by atoms with E-state index in [0.29, 0.717) is 23.3 Å². The van der Waals surface area contributed by atoms with Gasteiger partial charge in [0.2, 0.25) is 0 Å². The molecule has 1 aliphatic heterocycles. The Kier molecular flexibility index (Phi) is 6.61. The average Bonchev–Trinajstić information content (AvgIpc) is 2.99. The van der Waals surface area contributed by atoms with Crippen molar-refractivity contribution in [2.75, 3.05) is 33.5 Å². The Morgan fingerprint density at radius 2 is 2.29 bits per heavy atom. The number of hydrogen-bond acceptors (Lipinski definition) is 4. The molecule has 1 fully saturated rings. The number of methoxy groups -OCH3 is 1. The highest BCUT2D eigenvalue weighted by Crippen LogP contribution is 2.35. The fraction of sp³-hybridized carbons (Fsp3) is 0.625. The second kappa shape index (κ2) is 8.47. The predicted molar refractivity (Wildman–Crippen MR) is 84.4 cm³/mol. The van der Waals surface area contributed by atoms with Crippen molar-refractivity contribution in [3.05, 3.63) is 22.7 Å². The number of hydrogen-bond donors (Lipinski definition) is 1. The average molecular weight is 314 g/mol. The normalized spacial score (nSPS) is 18.0. The molecule has 0 aliphatic carbocycles. The van der Waals surface area contributed by atoms with E-state index >= 15 is 0 Å². The summed E-state index contributed by atoms with van der Waals surface area (Å²) in [5, 5.41) is 4.04. The molecule has 1 saturated heterocycles. The maximum atomic E-state index is 6.16. The summed E-state index contributed by atoms with van der Waals surface area (Å²) in [6.45, 7) is 6.09. The molecule has 1 atom stereocenters. The summed E-state index contributed by atoms with van der Waals surface area (Å²) < 4.78 is 16.8. The molecule has 0 spiro atoms. The van der Waals surface area contributed by atoms with Crippen molar-refractivity contribution in [1.29, 1.82) is 0 Å². The summed E-state index contributed by atoms with van der Waals surface area (Å²) in [6, 6.07) is 3.73. The quantitative estimate of drug-likeness (QED) is 0.748. The lowest BCUT2D eigenvalue weighted by Crippen LogP contribution is -2.17. The molecule has 0 amide bonds. The first kappa shape index (κ1) is 16.4. The molecule has 0 radical (unpaired) electrons. The highest BCUT2D eigenvalue weighted by atomic mass is 35.5. The highest BCUT2D eigenvalue weighted by Gasteiger charge is 2.19. The maximum absolute atomic E-state index is 6.16. The first-order valence-corrected chi connectivity index (χ1v) is 7.90. The van der Waals surface area contributed by atoms with Crippen LogP contribution in [0.15, 0.2) is 12.1 Å². The Morgan fingerprint density at radius 1 is 1.43 bits per heavy atom. The number of benzene rings is 1. The van der Waals surface area contributed by atoms with E-state index in [1.54, 1.807) is 13.2 Å². The van der Waals surface area contributed by atoms with Crippen molar-refractivity contribution in [2.24, 2.45) is 5.92 Å². The van der Waals surface area contributed by atoms with E-state index in [-0.39, 0.29) is 0 Å². The van der Waals surface area contributed by atoms with Crippen molar-refractivity contribution in [2.45, 2.75) is 26.3 Å². The Balaban J connectivity index is 2.09. The molecule has 21 heavy (non-hydrogen) atoms. The number of halogens is 1. The zero-order chi connectivity index (χ0) is 15.1. The minimum absolute atomic E-state index is 0.460. The van der Waals surface area contributed by atoms with Gasteiger partial charge in [0, 0.05) is 35.7 Å². The van der Waals surface area contributed by atoms with Crippen LogP contribution in [0.25, 0.3) is 0 Å². The molecule has 1 aliphatic rings. The van der Waals surface area contributed by atoms with Crippen molar-refractivity contribution in [3.63, 3.8) is 0 Å². The third-order valence-corrected chi connectivity index (χ3v) is 3.76. The van der Waals surface area contributed by atoms with Gasteiger partial charge in [-0.2, -0.15) is 0 Å². The molecule has 1 aromatic carbocycles. The van der Waals surface area contributed by atoms with Crippen LogP contribution < -0.4 is 14.8 Å². The molecule has 1 unspecified atom stereocenters. The van der Waals surface area contributed by atoms with E-state index in [1.807, 2.05) is 6.07 Å². The Bertz CT molecular complexity index is 447. The maximum Gasteiger partial charge on any atom is 0.165 e. The van der Waals surface area contributed by atoms with E-state index in [9.17, 15) is 0 Å². The summed E-state index contributed by atoms with van der Waals surface area (Å²) >= 11 is 6.16. The summed E-state index contributed by atoms with van der Waals surface area (Å²) in [6.07, 6.45) is 2.15. The molecule has 1 N–H and O–H groups in total. The third kappa shape index (κ3) is 4.77. The summed E-state index contributed by atoms with van der Waals surface area (Å²) in [5.41, 5.74) is 1.03. The van der Waals surface area contributed by atoms with Gasteiger partial charge in [0.05, 0.1) is 20.3 Å². The van der Waals surface area contributed by atoms with Crippen LogP contribution in [0, 0.1) is 5.92 Å². The Labute approximate surface area is 131 Å². The first-order valence-electron chi connectivity index (χ1n) is 7.52. The van der Waals surface area contributed by atoms with E-state index < -0.39 is 0 Å². The summed E-state index contributed by atoms with van der Waals surface area (Å²) in [7, 11) is 1.64. The molecular weight excluding hydrogens is 290 g/mol. The van der Waals surface area contributed by atoms with Gasteiger partial charge in [0.15, 0.2) is 11.5 Å². The highest BCUT2D eigenvalue weighted by molar-refractivity contribution is 6.30. The fourth-order valence-electron chi connectivity index (χ4n) is 2.39. The third-order valence-electron chi connectivity index (χ3n) is 3.55. The minimum atomic E-state index is 0.460. The largest absolute Gasteiger partial charge is 0.493 e. The predicted octanol–water partition coefficient (Wildman–Crippen LogP) is 3.26. The van der Waals surface area contributed by atoms with E-state index in [1.165, 1.54) is 0 Å². The van der Waals surface area contributed by atoms with Crippen LogP contribution in [0.5, 0.6) is 11.5 Å². The molecule has 1 heterocycles. The van der Waals surface area contributed by atoms with Gasteiger partial charge in [-0.3, -0.25) is 0 Å². The topological polar surface area (TPSA) is 39.7 Å². The summed E-state index contributed by atoms with van der Waals surface area (Å²) in [5.74, 6) is 1.94. The van der Waals surface area contributed by atoms with Gasteiger partial charge in [0.1, 0.15) is 0 Å². The molecule has 0 aromatic heterocycles. The summed E-state index contributed by atoms with van der Waals surface area (Å²) in [4.78, 5) is 0. The zero-order valence-electron chi connectivity index (χ0n) is 12.8. The van der Waals surface area contributed by atoms with Gasteiger partial charge >= 0.3 is 0 Å². The molecular formula is C16H24ClNO3. The van der Waals surface area contributed by atoms with E-state index in [2.05, 4.69) is 12.2 Å². The van der Waals surface area contributed by atoms with E-state index in [4.69, 9.17) is 25.8 Å². The SMILES string of the molecule is CCCNCc1cc(Cl)cc(OC)c1OCC1CCOC1. The van der Waals surface area contributed by atoms with Crippen LogP contribution >= 0.6 is 11.6 Å². The van der Waals surface area contributed by atoms with Crippen molar-refractivity contribution >= 4 is 11.6 Å². The number of rotatable bonds is 8. The number of ether oxygens (including phenoxy) is 3. The van der Waals surface area contributed by atoms with Gasteiger partial charge in [-0.05, 0) is 25.5 Å². The van der Waals surface area contributed by atoms with Crippen molar-refractivity contribution in [1.82, 2.24) is 5.32 Å². The van der Waals surface area contributed by atoms with Crippen molar-refractivity contribution < 1.29 is 14.2 Å². The standard InChI is InChI=1S/C16H24ClNO3/c1-3-5-18-9-13-7-14(17)8-15(19-2)16(13)21-11-12-4-6-20-10-12/h7-8,12,18H,3-6,9-11H2,1-2H3. The smallest absolute Gasteiger partial charge is 0.165 e. The molecule has 2 rings (SSSR count). The van der Waals surface area contributed by atoms with E-state index in [0.717, 1.165) is 50.5 Å². The Hall–Kier alpha value is -0.970. The molecule has 1 aromatic rings. The zero-order valence-corrected chi connectivity index (χ0v) is 13.5. The van der Waals surface area contributed by atoms with Gasteiger partial charge in [-0.25, -0.2) is 0 Å². The van der Waals surface area contributed by atoms with Crippen molar-refractivity contribution in [3.8, 4) is 11.5 Å². The molecule has 0 saturated carbocycles.